The first-order chi connectivity index (χ1) is 14.5. The molecule has 1 saturated carbocycles. The van der Waals surface area contributed by atoms with E-state index in [0.29, 0.717) is 18.4 Å². The minimum atomic E-state index is -0.0138. The second-order valence-corrected chi connectivity index (χ2v) is 9.37. The summed E-state index contributed by atoms with van der Waals surface area (Å²) >= 11 is 0. The second-order valence-electron chi connectivity index (χ2n) is 9.37. The van der Waals surface area contributed by atoms with Crippen LogP contribution in [0.2, 0.25) is 0 Å². The van der Waals surface area contributed by atoms with E-state index >= 15 is 0 Å². The Labute approximate surface area is 181 Å². The van der Waals surface area contributed by atoms with Gasteiger partial charge in [-0.3, -0.25) is 4.79 Å². The third-order valence-corrected chi connectivity index (χ3v) is 6.38. The van der Waals surface area contributed by atoms with Crippen LogP contribution < -0.4 is 10.6 Å². The first-order valence-corrected chi connectivity index (χ1v) is 11.4. The maximum atomic E-state index is 13.5. The van der Waals surface area contributed by atoms with Crippen molar-refractivity contribution < 1.29 is 4.79 Å². The SMILES string of the molecule is CC(C)C[C@H](N)CN(C(=O)[C@@H]1C[C@H]1c1ccccc1)c1ccc(C2=CCCC2)cc1. The third-order valence-electron chi connectivity index (χ3n) is 6.38. The maximum Gasteiger partial charge on any atom is 0.230 e. The van der Waals surface area contributed by atoms with E-state index in [-0.39, 0.29) is 17.9 Å². The van der Waals surface area contributed by atoms with E-state index in [2.05, 4.69) is 68.5 Å². The van der Waals surface area contributed by atoms with Crippen molar-refractivity contribution in [2.75, 3.05) is 11.4 Å². The molecular weight excluding hydrogens is 368 g/mol. The van der Waals surface area contributed by atoms with Crippen LogP contribution in [0.1, 0.15) is 63.0 Å². The van der Waals surface area contributed by atoms with Gasteiger partial charge in [0.15, 0.2) is 0 Å². The summed E-state index contributed by atoms with van der Waals surface area (Å²) in [6, 6.07) is 19.0. The van der Waals surface area contributed by atoms with Crippen LogP contribution in [-0.2, 0) is 4.79 Å². The molecule has 0 aromatic heterocycles. The fourth-order valence-electron chi connectivity index (χ4n) is 4.76. The molecule has 3 heteroatoms. The summed E-state index contributed by atoms with van der Waals surface area (Å²) in [6.45, 7) is 4.95. The highest BCUT2D eigenvalue weighted by molar-refractivity contribution is 5.97. The van der Waals surface area contributed by atoms with Gasteiger partial charge in [0, 0.05) is 24.2 Å². The highest BCUT2D eigenvalue weighted by Gasteiger charge is 2.46. The van der Waals surface area contributed by atoms with Crippen molar-refractivity contribution in [3.8, 4) is 0 Å². The average Bonchev–Trinajstić information content (AvgIpc) is 3.36. The van der Waals surface area contributed by atoms with Crippen molar-refractivity contribution in [2.45, 2.75) is 57.9 Å². The molecule has 0 unspecified atom stereocenters. The van der Waals surface area contributed by atoms with Gasteiger partial charge < -0.3 is 10.6 Å². The van der Waals surface area contributed by atoms with Crippen LogP contribution in [0.5, 0.6) is 0 Å². The first-order valence-electron chi connectivity index (χ1n) is 11.4. The Morgan fingerprint density at radius 2 is 1.83 bits per heavy atom. The number of hydrogen-bond donors (Lipinski definition) is 1. The van der Waals surface area contributed by atoms with Crippen molar-refractivity contribution >= 4 is 17.2 Å². The summed E-state index contributed by atoms with van der Waals surface area (Å²) in [5.74, 6) is 1.14. The zero-order valence-electron chi connectivity index (χ0n) is 18.3. The van der Waals surface area contributed by atoms with Crippen LogP contribution >= 0.6 is 0 Å². The zero-order valence-corrected chi connectivity index (χ0v) is 18.3. The first kappa shape index (κ1) is 20.9. The van der Waals surface area contributed by atoms with E-state index in [9.17, 15) is 4.79 Å². The highest BCUT2D eigenvalue weighted by Crippen LogP contribution is 2.48. The minimum absolute atomic E-state index is 0.0138. The molecule has 0 heterocycles. The molecule has 1 amide bonds. The Morgan fingerprint density at radius 1 is 1.10 bits per heavy atom. The Hall–Kier alpha value is -2.39. The molecule has 1 fully saturated rings. The van der Waals surface area contributed by atoms with Crippen molar-refractivity contribution in [3.63, 3.8) is 0 Å². The number of nitrogens with zero attached hydrogens (tertiary/aromatic N) is 1. The largest absolute Gasteiger partial charge is 0.326 e. The molecule has 0 radical (unpaired) electrons. The monoisotopic (exact) mass is 402 g/mol. The molecule has 158 valence electrons. The Morgan fingerprint density at radius 3 is 2.47 bits per heavy atom. The Balaban J connectivity index is 1.53. The lowest BCUT2D eigenvalue weighted by Crippen LogP contribution is -2.42. The summed E-state index contributed by atoms with van der Waals surface area (Å²) in [7, 11) is 0. The van der Waals surface area contributed by atoms with Gasteiger partial charge in [-0.25, -0.2) is 0 Å². The number of carbonyl (C=O) groups is 1. The molecule has 30 heavy (non-hydrogen) atoms. The zero-order chi connectivity index (χ0) is 21.1. The van der Waals surface area contributed by atoms with Crippen LogP contribution in [0, 0.1) is 11.8 Å². The Bertz CT molecular complexity index is 885. The number of allylic oxidation sites excluding steroid dienone is 2. The number of hydrogen-bond acceptors (Lipinski definition) is 2. The van der Waals surface area contributed by atoms with Gasteiger partial charge in [-0.05, 0) is 72.8 Å². The molecule has 0 aliphatic heterocycles. The topological polar surface area (TPSA) is 46.3 Å². The van der Waals surface area contributed by atoms with Gasteiger partial charge in [0.05, 0.1) is 0 Å². The van der Waals surface area contributed by atoms with Crippen LogP contribution in [0.4, 0.5) is 5.69 Å². The van der Waals surface area contributed by atoms with Gasteiger partial charge >= 0.3 is 0 Å². The van der Waals surface area contributed by atoms with Gasteiger partial charge in [-0.15, -0.1) is 0 Å². The summed E-state index contributed by atoms with van der Waals surface area (Å²) in [6.07, 6.45) is 7.76. The normalized spacial score (nSPS) is 21.4. The lowest BCUT2D eigenvalue weighted by molar-refractivity contribution is -0.120. The number of amides is 1. The standard InChI is InChI=1S/C27H34N2O/c1-19(2)16-23(28)18-29(24-14-12-21(13-15-24)20-8-6-7-9-20)27(30)26-17-25(26)22-10-4-3-5-11-22/h3-5,8,10-15,19,23,25-26H,6-7,9,16-18,28H2,1-2H3/t23-,25-,26+/m0/s1. The average molecular weight is 403 g/mol. The smallest absolute Gasteiger partial charge is 0.230 e. The molecular formula is C27H34N2O. The van der Waals surface area contributed by atoms with Crippen LogP contribution in [-0.4, -0.2) is 18.5 Å². The predicted octanol–water partition coefficient (Wildman–Crippen LogP) is 5.76. The number of anilines is 1. The molecule has 2 N–H and O–H groups in total. The van der Waals surface area contributed by atoms with Crippen molar-refractivity contribution in [3.05, 3.63) is 71.8 Å². The van der Waals surface area contributed by atoms with Crippen molar-refractivity contribution in [2.24, 2.45) is 17.6 Å². The van der Waals surface area contributed by atoms with E-state index in [1.807, 2.05) is 11.0 Å². The maximum absolute atomic E-state index is 13.5. The predicted molar refractivity (Wildman–Crippen MR) is 125 cm³/mol. The van der Waals surface area contributed by atoms with Crippen LogP contribution in [0.25, 0.3) is 5.57 Å². The molecule has 2 aliphatic carbocycles. The number of benzene rings is 2. The van der Waals surface area contributed by atoms with Crippen molar-refractivity contribution in [1.29, 1.82) is 0 Å². The summed E-state index contributed by atoms with van der Waals surface area (Å²) in [4.78, 5) is 15.5. The molecule has 2 aliphatic rings. The highest BCUT2D eigenvalue weighted by atomic mass is 16.2. The Kier molecular flexibility index (Phi) is 6.38. The van der Waals surface area contributed by atoms with Crippen molar-refractivity contribution in [1.82, 2.24) is 0 Å². The lowest BCUT2D eigenvalue weighted by Gasteiger charge is -2.27. The summed E-state index contributed by atoms with van der Waals surface area (Å²) in [5.41, 5.74) is 11.4. The van der Waals surface area contributed by atoms with E-state index in [4.69, 9.17) is 5.73 Å². The number of carbonyl (C=O) groups excluding carboxylic acids is 1. The van der Waals surface area contributed by atoms with Crippen LogP contribution in [0.15, 0.2) is 60.7 Å². The van der Waals surface area contributed by atoms with E-state index < -0.39 is 0 Å². The van der Waals surface area contributed by atoms with Gasteiger partial charge in [-0.1, -0.05) is 62.4 Å². The van der Waals surface area contributed by atoms with Gasteiger partial charge in [0.1, 0.15) is 0 Å². The third kappa shape index (κ3) is 4.84. The molecule has 0 bridgehead atoms. The number of rotatable bonds is 8. The lowest BCUT2D eigenvalue weighted by atomic mass is 10.0. The van der Waals surface area contributed by atoms with Gasteiger partial charge in [-0.2, -0.15) is 0 Å². The molecule has 0 saturated heterocycles. The molecule has 3 atom stereocenters. The van der Waals surface area contributed by atoms with E-state index in [0.717, 1.165) is 24.9 Å². The van der Waals surface area contributed by atoms with Crippen LogP contribution in [0.3, 0.4) is 0 Å². The molecule has 2 aromatic rings. The fraction of sp³-hybridized carbons (Fsp3) is 0.444. The number of nitrogens with two attached hydrogens (primary N) is 1. The van der Waals surface area contributed by atoms with E-state index in [1.165, 1.54) is 29.5 Å². The fourth-order valence-corrected chi connectivity index (χ4v) is 4.76. The molecule has 3 nitrogen and oxygen atoms in total. The molecule has 2 aromatic carbocycles. The summed E-state index contributed by atoms with van der Waals surface area (Å²) < 4.78 is 0. The minimum Gasteiger partial charge on any atom is -0.326 e. The van der Waals surface area contributed by atoms with Gasteiger partial charge in [0.25, 0.3) is 0 Å². The quantitative estimate of drug-likeness (QED) is 0.610. The van der Waals surface area contributed by atoms with Gasteiger partial charge in [0.2, 0.25) is 5.91 Å². The molecule has 4 rings (SSSR count). The molecule has 0 spiro atoms. The summed E-state index contributed by atoms with van der Waals surface area (Å²) in [5, 5.41) is 0. The van der Waals surface area contributed by atoms with E-state index in [1.54, 1.807) is 0 Å². The second kappa shape index (κ2) is 9.18.